The molecule has 36 heavy (non-hydrogen) atoms. The maximum Gasteiger partial charge on any atom is 0.310 e. The fourth-order valence-corrected chi connectivity index (χ4v) is 10.6. The summed E-state index contributed by atoms with van der Waals surface area (Å²) < 4.78 is 0. The largest absolute Gasteiger partial charge is 0.481 e. The molecule has 0 spiro atoms. The van der Waals surface area contributed by atoms with Crippen LogP contribution in [0.4, 0.5) is 0 Å². The summed E-state index contributed by atoms with van der Waals surface area (Å²) in [5, 5.41) is 44.0. The van der Waals surface area contributed by atoms with E-state index in [1.54, 1.807) is 0 Å². The number of aldehydes is 1. The number of carboxylic acids is 1. The smallest absolute Gasteiger partial charge is 0.310 e. The van der Waals surface area contributed by atoms with Gasteiger partial charge in [-0.1, -0.05) is 53.2 Å². The molecule has 0 aliphatic heterocycles. The Morgan fingerprint density at radius 2 is 1.56 bits per heavy atom. The van der Waals surface area contributed by atoms with Crippen LogP contribution in [0.3, 0.4) is 0 Å². The van der Waals surface area contributed by atoms with Gasteiger partial charge >= 0.3 is 5.97 Å². The number of rotatable bonds is 2. The van der Waals surface area contributed by atoms with Crippen molar-refractivity contribution in [2.24, 2.45) is 50.2 Å². The molecule has 6 heteroatoms. The van der Waals surface area contributed by atoms with Crippen LogP contribution in [0.25, 0.3) is 0 Å². The molecular formula is C30H46O6. The average Bonchev–Trinajstić information content (AvgIpc) is 2.80. The van der Waals surface area contributed by atoms with E-state index in [0.717, 1.165) is 37.5 Å². The van der Waals surface area contributed by atoms with Crippen LogP contribution < -0.4 is 0 Å². The lowest BCUT2D eigenvalue weighted by Crippen LogP contribution is -2.68. The Bertz CT molecular complexity index is 1000. The summed E-state index contributed by atoms with van der Waals surface area (Å²) in [6.07, 6.45) is 5.87. The lowest BCUT2D eigenvalue weighted by molar-refractivity contribution is -0.231. The van der Waals surface area contributed by atoms with E-state index in [1.807, 2.05) is 6.92 Å². The monoisotopic (exact) mass is 502 g/mol. The van der Waals surface area contributed by atoms with E-state index in [2.05, 4.69) is 40.7 Å². The Morgan fingerprint density at radius 1 is 0.917 bits per heavy atom. The zero-order chi connectivity index (χ0) is 26.7. The Morgan fingerprint density at radius 3 is 2.17 bits per heavy atom. The maximum atomic E-state index is 12.8. The van der Waals surface area contributed by atoms with Gasteiger partial charge in [-0.2, -0.15) is 0 Å². The molecule has 5 rings (SSSR count). The molecule has 0 saturated heterocycles. The number of hydrogen-bond donors (Lipinski definition) is 4. The third-order valence-corrected chi connectivity index (χ3v) is 13.2. The minimum atomic E-state index is -1.06. The molecule has 0 bridgehead atoms. The van der Waals surface area contributed by atoms with E-state index in [4.69, 9.17) is 0 Å². The van der Waals surface area contributed by atoms with Gasteiger partial charge in [-0.25, -0.2) is 0 Å². The number of hydrogen-bond acceptors (Lipinski definition) is 5. The van der Waals surface area contributed by atoms with Gasteiger partial charge in [0.05, 0.1) is 29.1 Å². The molecule has 4 N–H and O–H groups in total. The van der Waals surface area contributed by atoms with Crippen LogP contribution in [-0.2, 0) is 9.59 Å². The van der Waals surface area contributed by atoms with Crippen molar-refractivity contribution >= 4 is 12.3 Å². The van der Waals surface area contributed by atoms with E-state index in [1.165, 1.54) is 0 Å². The number of carbonyl (C=O) groups excluding carboxylic acids is 1. The fourth-order valence-electron chi connectivity index (χ4n) is 10.6. The normalized spacial score (nSPS) is 55.8. The van der Waals surface area contributed by atoms with Gasteiger partial charge in [0.25, 0.3) is 0 Å². The molecule has 0 aromatic carbocycles. The number of allylic oxidation sites excluding steroid dienone is 1. The summed E-state index contributed by atoms with van der Waals surface area (Å²) in [4.78, 5) is 25.1. The van der Waals surface area contributed by atoms with Crippen molar-refractivity contribution in [2.45, 2.75) is 111 Å². The first kappa shape index (κ1) is 26.4. The lowest BCUT2D eigenvalue weighted by atomic mass is 9.33. The van der Waals surface area contributed by atoms with E-state index < -0.39 is 41.0 Å². The zero-order valence-corrected chi connectivity index (χ0v) is 22.9. The average molecular weight is 503 g/mol. The van der Waals surface area contributed by atoms with Gasteiger partial charge in [-0.3, -0.25) is 4.79 Å². The van der Waals surface area contributed by atoms with Crippen molar-refractivity contribution in [3.63, 3.8) is 0 Å². The molecule has 0 unspecified atom stereocenters. The topological polar surface area (TPSA) is 115 Å². The number of fused-ring (bicyclic) bond motifs is 7. The quantitative estimate of drug-likeness (QED) is 0.330. The molecule has 4 saturated carbocycles. The van der Waals surface area contributed by atoms with Crippen molar-refractivity contribution in [1.29, 1.82) is 0 Å². The summed E-state index contributed by atoms with van der Waals surface area (Å²) in [5.41, 5.74) is -1.91. The molecular weight excluding hydrogens is 456 g/mol. The predicted molar refractivity (Wildman–Crippen MR) is 136 cm³/mol. The lowest BCUT2D eigenvalue weighted by Gasteiger charge is -2.71. The van der Waals surface area contributed by atoms with E-state index in [9.17, 15) is 30.0 Å². The highest BCUT2D eigenvalue weighted by Gasteiger charge is 2.71. The van der Waals surface area contributed by atoms with Crippen molar-refractivity contribution in [1.82, 2.24) is 0 Å². The predicted octanol–water partition coefficient (Wildman–Crippen LogP) is 4.35. The van der Waals surface area contributed by atoms with Gasteiger partial charge in [-0.15, -0.1) is 0 Å². The Labute approximate surface area is 215 Å². The fraction of sp³-hybridized carbons (Fsp3) is 0.867. The first-order valence-corrected chi connectivity index (χ1v) is 14.0. The number of aliphatic carboxylic acids is 1. The first-order chi connectivity index (χ1) is 16.5. The third kappa shape index (κ3) is 2.90. The summed E-state index contributed by atoms with van der Waals surface area (Å²) >= 11 is 0. The highest BCUT2D eigenvalue weighted by Crippen LogP contribution is 2.75. The molecule has 0 aromatic heterocycles. The summed E-state index contributed by atoms with van der Waals surface area (Å²) in [6, 6.07) is 0. The molecule has 4 fully saturated rings. The van der Waals surface area contributed by atoms with Crippen LogP contribution in [0.1, 0.15) is 92.9 Å². The van der Waals surface area contributed by atoms with Crippen molar-refractivity contribution in [3.05, 3.63) is 11.6 Å². The van der Waals surface area contributed by atoms with Gasteiger partial charge in [0.15, 0.2) is 0 Å². The summed E-state index contributed by atoms with van der Waals surface area (Å²) in [5.74, 6) is -1.03. The Balaban J connectivity index is 1.64. The van der Waals surface area contributed by atoms with Gasteiger partial charge < -0.3 is 25.2 Å². The minimum Gasteiger partial charge on any atom is -0.481 e. The maximum absolute atomic E-state index is 12.8. The number of aliphatic hydroxyl groups excluding tert-OH is 3. The summed E-state index contributed by atoms with van der Waals surface area (Å²) in [6.45, 7) is 12.8. The molecule has 6 nitrogen and oxygen atoms in total. The van der Waals surface area contributed by atoms with Crippen molar-refractivity contribution in [3.8, 4) is 0 Å². The summed E-state index contributed by atoms with van der Waals surface area (Å²) in [7, 11) is 0. The van der Waals surface area contributed by atoms with Crippen LogP contribution in [-0.4, -0.2) is 51.0 Å². The highest BCUT2D eigenvalue weighted by molar-refractivity contribution is 5.77. The van der Waals surface area contributed by atoms with E-state index >= 15 is 0 Å². The molecule has 202 valence electrons. The SMILES string of the molecule is CC1(C)CC[C@]2(C(=O)O)CC[C@]3(C)C(=CC[C@@H]4[C@@]5(C)C[C@@H](O)[C@H](O)[C@](C)(C=O)[C@@H]5CC[C@]43C)[C@@H]2[C@@H]1O. The second kappa shape index (κ2) is 7.66. The third-order valence-electron chi connectivity index (χ3n) is 13.2. The van der Waals surface area contributed by atoms with Gasteiger partial charge in [-0.05, 0) is 84.9 Å². The van der Waals surface area contributed by atoms with Gasteiger partial charge in [0.2, 0.25) is 0 Å². The Kier molecular flexibility index (Phi) is 5.61. The van der Waals surface area contributed by atoms with Gasteiger partial charge in [0, 0.05) is 5.92 Å². The van der Waals surface area contributed by atoms with Crippen LogP contribution in [0.15, 0.2) is 11.6 Å². The Hall–Kier alpha value is -1.24. The molecule has 5 aliphatic carbocycles. The molecule has 11 atom stereocenters. The molecule has 0 amide bonds. The highest BCUT2D eigenvalue weighted by atomic mass is 16.4. The van der Waals surface area contributed by atoms with Gasteiger partial charge in [0.1, 0.15) is 6.29 Å². The molecule has 5 aliphatic rings. The molecule has 0 heterocycles. The van der Waals surface area contributed by atoms with Crippen LogP contribution in [0.2, 0.25) is 0 Å². The zero-order valence-electron chi connectivity index (χ0n) is 22.9. The number of carboxylic acid groups (broad SMARTS) is 1. The second-order valence-electron chi connectivity index (χ2n) is 14.9. The minimum absolute atomic E-state index is 0.0292. The van der Waals surface area contributed by atoms with Crippen LogP contribution in [0, 0.1) is 50.2 Å². The first-order valence-electron chi connectivity index (χ1n) is 14.0. The number of aliphatic hydroxyl groups is 3. The number of carbonyl (C=O) groups is 2. The van der Waals surface area contributed by atoms with E-state index in [0.29, 0.717) is 25.7 Å². The second-order valence-corrected chi connectivity index (χ2v) is 14.9. The van der Waals surface area contributed by atoms with Crippen LogP contribution in [0.5, 0.6) is 0 Å². The van der Waals surface area contributed by atoms with Crippen molar-refractivity contribution < 1.29 is 30.0 Å². The van der Waals surface area contributed by atoms with Crippen LogP contribution >= 0.6 is 0 Å². The van der Waals surface area contributed by atoms with Crippen molar-refractivity contribution in [2.75, 3.05) is 0 Å². The standard InChI is InChI=1S/C30H46O6/c1-25(2)11-13-30(24(35)36)14-12-28(5)17(21(30)23(25)34)7-8-20-26(3)15-18(32)22(33)27(4,16-31)19(26)9-10-29(20,28)6/h7,16,18-23,32-34H,8-15H2,1-6H3,(H,35,36)/t18-,19-,20-,21-,22+,23+,26+,27-,28-,29-,30+/m1/s1. The molecule has 0 aromatic rings. The van der Waals surface area contributed by atoms with E-state index in [-0.39, 0.29) is 33.5 Å². The molecule has 0 radical (unpaired) electrons.